The Balaban J connectivity index is 1.52. The molecular weight excluding hydrogens is 354 g/mol. The van der Waals surface area contributed by atoms with Crippen molar-refractivity contribution in [3.05, 3.63) is 54.4 Å². The minimum atomic E-state index is -0.0404. The Hall–Kier alpha value is -3.22. The normalized spacial score (nSPS) is 12.6. The number of hydrogen-bond donors (Lipinski definition) is 2. The fraction of sp³-hybridized carbons (Fsp3) is 0.333. The number of guanidine groups is 1. The summed E-state index contributed by atoms with van der Waals surface area (Å²) < 4.78 is 13.2. The van der Waals surface area contributed by atoms with Crippen LogP contribution in [-0.2, 0) is 13.6 Å². The third kappa shape index (κ3) is 4.73. The highest BCUT2D eigenvalue weighted by Crippen LogP contribution is 2.19. The largest absolute Gasteiger partial charge is 0.497 e. The number of aromatic nitrogens is 2. The molecule has 0 fully saturated rings. The fourth-order valence-electron chi connectivity index (χ4n) is 2.93. The van der Waals surface area contributed by atoms with Gasteiger partial charge in [-0.25, -0.2) is 4.98 Å². The van der Waals surface area contributed by atoms with Crippen LogP contribution in [0.4, 0.5) is 0 Å². The third-order valence-electron chi connectivity index (χ3n) is 4.45. The molecule has 0 aliphatic carbocycles. The van der Waals surface area contributed by atoms with E-state index in [1.165, 1.54) is 0 Å². The van der Waals surface area contributed by atoms with Gasteiger partial charge in [0.1, 0.15) is 23.4 Å². The Morgan fingerprint density at radius 3 is 2.68 bits per heavy atom. The van der Waals surface area contributed by atoms with Gasteiger partial charge in [-0.2, -0.15) is 0 Å². The number of methoxy groups -OCH3 is 1. The number of benzene rings is 2. The van der Waals surface area contributed by atoms with Crippen LogP contribution in [0.1, 0.15) is 12.7 Å². The summed E-state index contributed by atoms with van der Waals surface area (Å²) in [4.78, 5) is 8.94. The zero-order chi connectivity index (χ0) is 19.9. The van der Waals surface area contributed by atoms with E-state index in [0.717, 1.165) is 28.4 Å². The standard InChI is InChI=1S/C21H27N5O2/c1-15(28-17-9-7-8-16(12-17)27-4)13-23-21(22-2)24-14-20-25-18-10-5-6-11-19(18)26(20)3/h5-12,15H,13-14H2,1-4H3,(H2,22,23,24). The quantitative estimate of drug-likeness (QED) is 0.486. The molecule has 3 rings (SSSR count). The zero-order valence-electron chi connectivity index (χ0n) is 16.8. The van der Waals surface area contributed by atoms with Gasteiger partial charge in [-0.05, 0) is 31.2 Å². The van der Waals surface area contributed by atoms with E-state index in [2.05, 4.69) is 31.2 Å². The molecule has 3 aromatic rings. The molecule has 2 aromatic carbocycles. The summed E-state index contributed by atoms with van der Waals surface area (Å²) in [6.07, 6.45) is -0.0404. The van der Waals surface area contributed by atoms with Gasteiger partial charge in [0.15, 0.2) is 5.96 Å². The van der Waals surface area contributed by atoms with Crippen molar-refractivity contribution in [3.63, 3.8) is 0 Å². The number of rotatable bonds is 7. The lowest BCUT2D eigenvalue weighted by Gasteiger charge is -2.18. The molecule has 28 heavy (non-hydrogen) atoms. The topological polar surface area (TPSA) is 72.7 Å². The van der Waals surface area contributed by atoms with Crippen LogP contribution in [0.25, 0.3) is 11.0 Å². The van der Waals surface area contributed by atoms with Crippen LogP contribution in [0.3, 0.4) is 0 Å². The number of imidazole rings is 1. The average molecular weight is 381 g/mol. The molecule has 148 valence electrons. The second kappa shape index (κ2) is 9.12. The van der Waals surface area contributed by atoms with E-state index >= 15 is 0 Å². The van der Waals surface area contributed by atoms with Crippen molar-refractivity contribution in [2.45, 2.75) is 19.6 Å². The molecule has 1 heterocycles. The van der Waals surface area contributed by atoms with E-state index < -0.39 is 0 Å². The van der Waals surface area contributed by atoms with E-state index in [0.29, 0.717) is 19.0 Å². The molecular formula is C21H27N5O2. The van der Waals surface area contributed by atoms with Crippen molar-refractivity contribution >= 4 is 17.0 Å². The number of fused-ring (bicyclic) bond motifs is 1. The van der Waals surface area contributed by atoms with Gasteiger partial charge in [-0.3, -0.25) is 4.99 Å². The highest BCUT2D eigenvalue weighted by molar-refractivity contribution is 5.80. The average Bonchev–Trinajstić information content (AvgIpc) is 3.04. The summed E-state index contributed by atoms with van der Waals surface area (Å²) in [6, 6.07) is 15.7. The van der Waals surface area contributed by atoms with Crippen molar-refractivity contribution in [2.24, 2.45) is 12.0 Å². The molecule has 2 N–H and O–H groups in total. The molecule has 1 aromatic heterocycles. The number of nitrogens with zero attached hydrogens (tertiary/aromatic N) is 3. The zero-order valence-corrected chi connectivity index (χ0v) is 16.8. The SMILES string of the molecule is CN=C(NCc1nc2ccccc2n1C)NCC(C)Oc1cccc(OC)c1. The lowest BCUT2D eigenvalue weighted by atomic mass is 10.3. The van der Waals surface area contributed by atoms with Crippen LogP contribution in [0, 0.1) is 0 Å². The summed E-state index contributed by atoms with van der Waals surface area (Å²) in [6.45, 7) is 3.20. The van der Waals surface area contributed by atoms with Gasteiger partial charge in [0.2, 0.25) is 0 Å². The first-order valence-corrected chi connectivity index (χ1v) is 9.26. The molecule has 7 heteroatoms. The first-order valence-electron chi connectivity index (χ1n) is 9.26. The Morgan fingerprint density at radius 2 is 1.93 bits per heavy atom. The van der Waals surface area contributed by atoms with Gasteiger partial charge >= 0.3 is 0 Å². The first-order chi connectivity index (χ1) is 13.6. The number of para-hydroxylation sites is 2. The highest BCUT2D eigenvalue weighted by Gasteiger charge is 2.09. The van der Waals surface area contributed by atoms with E-state index in [4.69, 9.17) is 9.47 Å². The third-order valence-corrected chi connectivity index (χ3v) is 4.45. The Morgan fingerprint density at radius 1 is 1.14 bits per heavy atom. The van der Waals surface area contributed by atoms with Gasteiger partial charge in [0.25, 0.3) is 0 Å². The van der Waals surface area contributed by atoms with E-state index in [-0.39, 0.29) is 6.10 Å². The Bertz CT molecular complexity index is 951. The Labute approximate surface area is 165 Å². The van der Waals surface area contributed by atoms with E-state index in [9.17, 15) is 0 Å². The maximum atomic E-state index is 5.93. The van der Waals surface area contributed by atoms with Crippen LogP contribution < -0.4 is 20.1 Å². The van der Waals surface area contributed by atoms with Gasteiger partial charge < -0.3 is 24.7 Å². The van der Waals surface area contributed by atoms with Crippen molar-refractivity contribution in [1.29, 1.82) is 0 Å². The van der Waals surface area contributed by atoms with Crippen LogP contribution >= 0.6 is 0 Å². The lowest BCUT2D eigenvalue weighted by Crippen LogP contribution is -2.41. The number of aryl methyl sites for hydroxylation is 1. The van der Waals surface area contributed by atoms with Crippen molar-refractivity contribution in [1.82, 2.24) is 20.2 Å². The van der Waals surface area contributed by atoms with Gasteiger partial charge in [0, 0.05) is 20.2 Å². The molecule has 0 spiro atoms. The van der Waals surface area contributed by atoms with Gasteiger partial charge in [0.05, 0.1) is 31.2 Å². The predicted molar refractivity (Wildman–Crippen MR) is 112 cm³/mol. The summed E-state index contributed by atoms with van der Waals surface area (Å²) >= 11 is 0. The molecule has 0 saturated carbocycles. The predicted octanol–water partition coefficient (Wildman–Crippen LogP) is 2.71. The number of ether oxygens (including phenoxy) is 2. The molecule has 1 unspecified atom stereocenters. The second-order valence-electron chi connectivity index (χ2n) is 6.49. The van der Waals surface area contributed by atoms with Gasteiger partial charge in [-0.1, -0.05) is 18.2 Å². The van der Waals surface area contributed by atoms with E-state index in [1.807, 2.05) is 56.4 Å². The van der Waals surface area contributed by atoms with Gasteiger partial charge in [-0.15, -0.1) is 0 Å². The molecule has 0 radical (unpaired) electrons. The highest BCUT2D eigenvalue weighted by atomic mass is 16.5. The summed E-state index contributed by atoms with van der Waals surface area (Å²) in [7, 11) is 5.41. The number of nitrogens with one attached hydrogen (secondary N) is 2. The molecule has 0 aliphatic rings. The lowest BCUT2D eigenvalue weighted by molar-refractivity contribution is 0.223. The molecule has 7 nitrogen and oxygen atoms in total. The molecule has 0 amide bonds. The fourth-order valence-corrected chi connectivity index (χ4v) is 2.93. The summed E-state index contributed by atoms with van der Waals surface area (Å²) in [5, 5.41) is 6.59. The van der Waals surface area contributed by atoms with Crippen molar-refractivity contribution < 1.29 is 9.47 Å². The second-order valence-corrected chi connectivity index (χ2v) is 6.49. The smallest absolute Gasteiger partial charge is 0.191 e. The van der Waals surface area contributed by atoms with Crippen molar-refractivity contribution in [3.8, 4) is 11.5 Å². The number of hydrogen-bond acceptors (Lipinski definition) is 4. The van der Waals surface area contributed by atoms with Crippen LogP contribution in [0.15, 0.2) is 53.5 Å². The van der Waals surface area contributed by atoms with Crippen LogP contribution in [0.5, 0.6) is 11.5 Å². The number of aliphatic imine (C=N–C) groups is 1. The first kappa shape index (κ1) is 19.5. The van der Waals surface area contributed by atoms with Crippen LogP contribution in [-0.4, -0.2) is 42.3 Å². The summed E-state index contributed by atoms with van der Waals surface area (Å²) in [5.41, 5.74) is 2.10. The minimum Gasteiger partial charge on any atom is -0.497 e. The van der Waals surface area contributed by atoms with Crippen molar-refractivity contribution in [2.75, 3.05) is 20.7 Å². The molecule has 0 aliphatic heterocycles. The maximum Gasteiger partial charge on any atom is 0.191 e. The maximum absolute atomic E-state index is 5.93. The minimum absolute atomic E-state index is 0.0404. The summed E-state index contributed by atoms with van der Waals surface area (Å²) in [5.74, 6) is 3.20. The molecule has 0 saturated heterocycles. The molecule has 1 atom stereocenters. The Kier molecular flexibility index (Phi) is 6.37. The van der Waals surface area contributed by atoms with E-state index in [1.54, 1.807) is 14.2 Å². The van der Waals surface area contributed by atoms with Crippen LogP contribution in [0.2, 0.25) is 0 Å². The monoisotopic (exact) mass is 381 g/mol. The molecule has 0 bridgehead atoms.